The Morgan fingerprint density at radius 3 is 2.65 bits per heavy atom. The summed E-state index contributed by atoms with van der Waals surface area (Å²) in [6.07, 6.45) is 0.933. The third kappa shape index (κ3) is 4.34. The van der Waals surface area contributed by atoms with Gasteiger partial charge < -0.3 is 10.1 Å². The van der Waals surface area contributed by atoms with Crippen molar-refractivity contribution in [3.8, 4) is 6.07 Å². The molecule has 106 valence electrons. The van der Waals surface area contributed by atoms with Crippen molar-refractivity contribution in [1.82, 2.24) is 10.2 Å². The third-order valence-electron chi connectivity index (χ3n) is 3.32. The molecule has 0 saturated carbocycles. The van der Waals surface area contributed by atoms with Crippen molar-refractivity contribution in [3.05, 3.63) is 35.4 Å². The van der Waals surface area contributed by atoms with Crippen LogP contribution in [-0.4, -0.2) is 50.2 Å². The molecule has 0 radical (unpaired) electrons. The maximum atomic E-state index is 11.9. The molecule has 5 heteroatoms. The van der Waals surface area contributed by atoms with Gasteiger partial charge in [0.25, 0.3) is 5.91 Å². The molecule has 2 rings (SSSR count). The van der Waals surface area contributed by atoms with Crippen LogP contribution < -0.4 is 5.32 Å². The maximum absolute atomic E-state index is 11.9. The van der Waals surface area contributed by atoms with E-state index in [0.29, 0.717) is 17.7 Å². The summed E-state index contributed by atoms with van der Waals surface area (Å²) in [5, 5.41) is 11.6. The number of morpholine rings is 1. The molecule has 0 spiro atoms. The Morgan fingerprint density at radius 1 is 1.30 bits per heavy atom. The Bertz CT molecular complexity index is 473. The number of amides is 1. The van der Waals surface area contributed by atoms with Crippen LogP contribution in [0.5, 0.6) is 0 Å². The van der Waals surface area contributed by atoms with E-state index in [2.05, 4.69) is 10.2 Å². The second-order valence-electron chi connectivity index (χ2n) is 4.75. The van der Waals surface area contributed by atoms with Gasteiger partial charge in [0.2, 0.25) is 0 Å². The Morgan fingerprint density at radius 2 is 2.00 bits per heavy atom. The molecule has 5 nitrogen and oxygen atoms in total. The zero-order valence-electron chi connectivity index (χ0n) is 11.5. The Balaban J connectivity index is 1.67. The number of carbonyl (C=O) groups is 1. The zero-order valence-corrected chi connectivity index (χ0v) is 11.5. The molecule has 0 aliphatic carbocycles. The molecule has 1 aromatic carbocycles. The predicted octanol–water partition coefficient (Wildman–Crippen LogP) is 1.01. The van der Waals surface area contributed by atoms with Gasteiger partial charge in [-0.2, -0.15) is 5.26 Å². The highest BCUT2D eigenvalue weighted by Gasteiger charge is 2.10. The first-order chi connectivity index (χ1) is 9.79. The van der Waals surface area contributed by atoms with Gasteiger partial charge in [-0.3, -0.25) is 9.69 Å². The number of hydrogen-bond donors (Lipinski definition) is 1. The van der Waals surface area contributed by atoms with Gasteiger partial charge >= 0.3 is 0 Å². The third-order valence-corrected chi connectivity index (χ3v) is 3.32. The molecule has 1 N–H and O–H groups in total. The Labute approximate surface area is 119 Å². The van der Waals surface area contributed by atoms with E-state index in [1.807, 2.05) is 6.07 Å². The van der Waals surface area contributed by atoms with Crippen LogP contribution in [-0.2, 0) is 4.74 Å². The van der Waals surface area contributed by atoms with Crippen molar-refractivity contribution in [3.63, 3.8) is 0 Å². The van der Waals surface area contributed by atoms with E-state index >= 15 is 0 Å². The summed E-state index contributed by atoms with van der Waals surface area (Å²) in [6, 6.07) is 8.70. The molecule has 1 aromatic rings. The van der Waals surface area contributed by atoms with Crippen LogP contribution >= 0.6 is 0 Å². The van der Waals surface area contributed by atoms with Gasteiger partial charge in [0.05, 0.1) is 24.8 Å². The van der Waals surface area contributed by atoms with Crippen LogP contribution in [0.3, 0.4) is 0 Å². The lowest BCUT2D eigenvalue weighted by molar-refractivity contribution is 0.0374. The number of benzene rings is 1. The topological polar surface area (TPSA) is 65.4 Å². The first kappa shape index (κ1) is 14.5. The van der Waals surface area contributed by atoms with Crippen LogP contribution in [0.25, 0.3) is 0 Å². The number of rotatable bonds is 5. The van der Waals surface area contributed by atoms with Crippen LogP contribution in [0.15, 0.2) is 24.3 Å². The van der Waals surface area contributed by atoms with Gasteiger partial charge in [0.1, 0.15) is 0 Å². The fourth-order valence-corrected chi connectivity index (χ4v) is 2.13. The lowest BCUT2D eigenvalue weighted by Gasteiger charge is -2.26. The summed E-state index contributed by atoms with van der Waals surface area (Å²) >= 11 is 0. The Hall–Kier alpha value is -1.90. The minimum absolute atomic E-state index is 0.0866. The van der Waals surface area contributed by atoms with Crippen LogP contribution in [0.1, 0.15) is 22.3 Å². The molecule has 1 fully saturated rings. The average Bonchev–Trinajstić information content (AvgIpc) is 2.52. The molecule has 0 atom stereocenters. The first-order valence-corrected chi connectivity index (χ1v) is 6.88. The number of ether oxygens (including phenoxy) is 1. The van der Waals surface area contributed by atoms with Gasteiger partial charge in [-0.15, -0.1) is 0 Å². The molecular weight excluding hydrogens is 254 g/mol. The summed E-state index contributed by atoms with van der Waals surface area (Å²) in [4.78, 5) is 14.2. The maximum Gasteiger partial charge on any atom is 0.251 e. The summed E-state index contributed by atoms with van der Waals surface area (Å²) in [6.45, 7) is 5.20. The van der Waals surface area contributed by atoms with E-state index in [4.69, 9.17) is 10.00 Å². The highest BCUT2D eigenvalue weighted by Crippen LogP contribution is 2.03. The molecule has 1 amide bonds. The van der Waals surface area contributed by atoms with Crippen molar-refractivity contribution in [1.29, 1.82) is 5.26 Å². The van der Waals surface area contributed by atoms with Gasteiger partial charge in [-0.25, -0.2) is 0 Å². The summed E-state index contributed by atoms with van der Waals surface area (Å²) < 4.78 is 5.29. The number of hydrogen-bond acceptors (Lipinski definition) is 4. The van der Waals surface area contributed by atoms with Crippen molar-refractivity contribution in [2.75, 3.05) is 39.4 Å². The zero-order chi connectivity index (χ0) is 14.2. The highest BCUT2D eigenvalue weighted by molar-refractivity contribution is 5.94. The van der Waals surface area contributed by atoms with Crippen molar-refractivity contribution >= 4 is 5.91 Å². The summed E-state index contributed by atoms with van der Waals surface area (Å²) in [5.74, 6) is -0.0866. The monoisotopic (exact) mass is 273 g/mol. The lowest BCUT2D eigenvalue weighted by atomic mass is 10.1. The number of nitriles is 1. The van der Waals surface area contributed by atoms with Crippen LogP contribution in [0, 0.1) is 11.3 Å². The minimum atomic E-state index is -0.0866. The van der Waals surface area contributed by atoms with E-state index in [1.54, 1.807) is 24.3 Å². The van der Waals surface area contributed by atoms with Crippen LogP contribution in [0.4, 0.5) is 0 Å². The smallest absolute Gasteiger partial charge is 0.251 e. The van der Waals surface area contributed by atoms with Crippen molar-refractivity contribution in [2.45, 2.75) is 6.42 Å². The van der Waals surface area contributed by atoms with E-state index in [-0.39, 0.29) is 5.91 Å². The van der Waals surface area contributed by atoms with Gasteiger partial charge in [0.15, 0.2) is 0 Å². The largest absolute Gasteiger partial charge is 0.379 e. The molecular formula is C15H19N3O2. The summed E-state index contributed by atoms with van der Waals surface area (Å²) in [5.41, 5.74) is 1.16. The number of nitrogens with one attached hydrogen (secondary N) is 1. The molecule has 0 aromatic heterocycles. The molecule has 20 heavy (non-hydrogen) atoms. The first-order valence-electron chi connectivity index (χ1n) is 6.88. The molecule has 0 unspecified atom stereocenters. The van der Waals surface area contributed by atoms with E-state index in [9.17, 15) is 4.79 Å². The van der Waals surface area contributed by atoms with E-state index in [1.165, 1.54) is 0 Å². The van der Waals surface area contributed by atoms with Gasteiger partial charge in [0, 0.05) is 25.2 Å². The SMILES string of the molecule is N#Cc1ccc(C(=O)NCCCN2CCOCC2)cc1. The molecule has 1 saturated heterocycles. The van der Waals surface area contributed by atoms with Gasteiger partial charge in [-0.05, 0) is 37.2 Å². The average molecular weight is 273 g/mol. The quantitative estimate of drug-likeness (QED) is 0.813. The normalized spacial score (nSPS) is 15.6. The molecule has 1 heterocycles. The predicted molar refractivity (Wildman–Crippen MR) is 75.4 cm³/mol. The fraction of sp³-hybridized carbons (Fsp3) is 0.467. The number of nitrogens with zero attached hydrogens (tertiary/aromatic N) is 2. The van der Waals surface area contributed by atoms with Crippen molar-refractivity contribution < 1.29 is 9.53 Å². The Kier molecular flexibility index (Phi) is 5.54. The van der Waals surface area contributed by atoms with E-state index in [0.717, 1.165) is 39.3 Å². The van der Waals surface area contributed by atoms with Crippen molar-refractivity contribution in [2.24, 2.45) is 0 Å². The standard InChI is InChI=1S/C15H19N3O2/c16-12-13-2-4-14(5-3-13)15(19)17-6-1-7-18-8-10-20-11-9-18/h2-5H,1,6-11H2,(H,17,19). The second kappa shape index (κ2) is 7.63. The fourth-order valence-electron chi connectivity index (χ4n) is 2.13. The molecule has 1 aliphatic heterocycles. The van der Waals surface area contributed by atoms with Gasteiger partial charge in [-0.1, -0.05) is 0 Å². The van der Waals surface area contributed by atoms with Crippen LogP contribution in [0.2, 0.25) is 0 Å². The molecule has 1 aliphatic rings. The summed E-state index contributed by atoms with van der Waals surface area (Å²) in [7, 11) is 0. The second-order valence-corrected chi connectivity index (χ2v) is 4.75. The highest BCUT2D eigenvalue weighted by atomic mass is 16.5. The molecule has 0 bridgehead atoms. The lowest BCUT2D eigenvalue weighted by Crippen LogP contribution is -2.38. The van der Waals surface area contributed by atoms with E-state index < -0.39 is 0 Å². The number of carbonyl (C=O) groups excluding carboxylic acids is 1. The minimum Gasteiger partial charge on any atom is -0.379 e.